The number of nitro groups is 1. The summed E-state index contributed by atoms with van der Waals surface area (Å²) in [5.74, 6) is -2.77. The Labute approximate surface area is 95.7 Å². The minimum atomic E-state index is -3.80. The van der Waals surface area contributed by atoms with Crippen molar-refractivity contribution < 1.29 is 22.1 Å². The van der Waals surface area contributed by atoms with Crippen molar-refractivity contribution in [3.8, 4) is 0 Å². The van der Waals surface area contributed by atoms with Gasteiger partial charge in [0, 0.05) is 13.1 Å². The van der Waals surface area contributed by atoms with Crippen molar-refractivity contribution in [3.63, 3.8) is 0 Å². The molecule has 0 aliphatic rings. The standard InChI is InChI=1S/C8H8F2N2O4S/c1-11(17(2,15)16)7-3-5(9)6(10)4-8(7)12(13)14/h3-4H,1-2H3. The number of halogens is 2. The average molecular weight is 266 g/mol. The van der Waals surface area contributed by atoms with E-state index < -0.39 is 38.0 Å². The summed E-state index contributed by atoms with van der Waals surface area (Å²) in [5.41, 5.74) is -1.35. The van der Waals surface area contributed by atoms with Gasteiger partial charge in [-0.3, -0.25) is 14.4 Å². The Bertz CT molecular complexity index is 573. The lowest BCUT2D eigenvalue weighted by Crippen LogP contribution is -2.25. The molecule has 0 amide bonds. The fraction of sp³-hybridized carbons (Fsp3) is 0.250. The number of hydrogen-bond donors (Lipinski definition) is 0. The molecule has 0 fully saturated rings. The maximum Gasteiger partial charge on any atom is 0.296 e. The first kappa shape index (κ1) is 13.3. The van der Waals surface area contributed by atoms with Gasteiger partial charge in [0.1, 0.15) is 5.69 Å². The van der Waals surface area contributed by atoms with E-state index in [0.29, 0.717) is 16.4 Å². The van der Waals surface area contributed by atoms with Gasteiger partial charge >= 0.3 is 0 Å². The van der Waals surface area contributed by atoms with Crippen LogP contribution in [0.4, 0.5) is 20.2 Å². The Kier molecular flexibility index (Phi) is 3.32. The largest absolute Gasteiger partial charge is 0.296 e. The fourth-order valence-electron chi connectivity index (χ4n) is 1.10. The van der Waals surface area contributed by atoms with Gasteiger partial charge in [-0.05, 0) is 0 Å². The van der Waals surface area contributed by atoms with Gasteiger partial charge < -0.3 is 0 Å². The molecule has 0 aromatic heterocycles. The highest BCUT2D eigenvalue weighted by molar-refractivity contribution is 7.92. The van der Waals surface area contributed by atoms with Gasteiger partial charge in [0.05, 0.1) is 17.2 Å². The summed E-state index contributed by atoms with van der Waals surface area (Å²) in [7, 11) is -2.79. The molecule has 0 aliphatic heterocycles. The minimum Gasteiger partial charge on any atom is -0.267 e. The second kappa shape index (κ2) is 4.24. The highest BCUT2D eigenvalue weighted by Gasteiger charge is 2.25. The summed E-state index contributed by atoms with van der Waals surface area (Å²) in [6.45, 7) is 0. The third kappa shape index (κ3) is 2.67. The minimum absolute atomic E-state index is 0.340. The van der Waals surface area contributed by atoms with Gasteiger partial charge in [-0.25, -0.2) is 17.2 Å². The van der Waals surface area contributed by atoms with E-state index in [2.05, 4.69) is 0 Å². The molecule has 0 saturated heterocycles. The summed E-state index contributed by atoms with van der Waals surface area (Å²) in [6, 6.07) is 0.806. The van der Waals surface area contributed by atoms with E-state index in [1.165, 1.54) is 0 Å². The highest BCUT2D eigenvalue weighted by Crippen LogP contribution is 2.30. The maximum atomic E-state index is 13.0. The first-order valence-corrected chi connectivity index (χ1v) is 6.06. The summed E-state index contributed by atoms with van der Waals surface area (Å²) in [6.07, 6.45) is 0.790. The average Bonchev–Trinajstić information content (AvgIpc) is 2.18. The first-order chi connectivity index (χ1) is 7.64. The van der Waals surface area contributed by atoms with Crippen LogP contribution in [-0.2, 0) is 10.0 Å². The van der Waals surface area contributed by atoms with E-state index in [9.17, 15) is 27.3 Å². The number of hydrogen-bond acceptors (Lipinski definition) is 4. The monoisotopic (exact) mass is 266 g/mol. The van der Waals surface area contributed by atoms with Crippen LogP contribution in [-0.4, -0.2) is 26.6 Å². The van der Waals surface area contributed by atoms with Gasteiger partial charge in [-0.2, -0.15) is 0 Å². The van der Waals surface area contributed by atoms with Gasteiger partial charge in [-0.15, -0.1) is 0 Å². The lowest BCUT2D eigenvalue weighted by Gasteiger charge is -2.16. The molecule has 0 bridgehead atoms. The van der Waals surface area contributed by atoms with Gasteiger partial charge in [0.25, 0.3) is 5.69 Å². The van der Waals surface area contributed by atoms with Crippen molar-refractivity contribution in [2.45, 2.75) is 0 Å². The number of nitro benzene ring substituents is 1. The number of benzene rings is 1. The SMILES string of the molecule is CN(c1cc(F)c(F)cc1[N+](=O)[O-])S(C)(=O)=O. The van der Waals surface area contributed by atoms with Crippen LogP contribution >= 0.6 is 0 Å². The molecule has 94 valence electrons. The molecule has 1 rings (SSSR count). The first-order valence-electron chi connectivity index (χ1n) is 4.22. The summed E-state index contributed by atoms with van der Waals surface area (Å²) < 4.78 is 48.7. The number of sulfonamides is 1. The van der Waals surface area contributed by atoms with Crippen molar-refractivity contribution in [2.24, 2.45) is 0 Å². The molecule has 0 radical (unpaired) electrons. The molecule has 0 saturated carbocycles. The quantitative estimate of drug-likeness (QED) is 0.609. The Hall–Kier alpha value is -1.77. The van der Waals surface area contributed by atoms with Crippen molar-refractivity contribution in [2.75, 3.05) is 17.6 Å². The van der Waals surface area contributed by atoms with E-state index in [1.807, 2.05) is 0 Å². The van der Waals surface area contributed by atoms with Gasteiger partial charge in [0.15, 0.2) is 11.6 Å². The number of rotatable bonds is 3. The predicted molar refractivity (Wildman–Crippen MR) is 56.3 cm³/mol. The summed E-state index contributed by atoms with van der Waals surface area (Å²) >= 11 is 0. The lowest BCUT2D eigenvalue weighted by atomic mass is 10.2. The fourth-order valence-corrected chi connectivity index (χ4v) is 1.61. The van der Waals surface area contributed by atoms with Gasteiger partial charge in [-0.1, -0.05) is 0 Å². The third-order valence-corrected chi connectivity index (χ3v) is 3.24. The van der Waals surface area contributed by atoms with Crippen molar-refractivity contribution in [1.82, 2.24) is 0 Å². The molecule has 0 spiro atoms. The van der Waals surface area contributed by atoms with Crippen molar-refractivity contribution in [1.29, 1.82) is 0 Å². The predicted octanol–water partition coefficient (Wildman–Crippen LogP) is 1.27. The molecule has 6 nitrogen and oxygen atoms in total. The van der Waals surface area contributed by atoms with Crippen molar-refractivity contribution in [3.05, 3.63) is 33.9 Å². The van der Waals surface area contributed by atoms with E-state index in [0.717, 1.165) is 13.3 Å². The molecule has 1 aromatic carbocycles. The van der Waals surface area contributed by atoms with E-state index in [1.54, 1.807) is 0 Å². The zero-order valence-electron chi connectivity index (χ0n) is 8.85. The van der Waals surface area contributed by atoms with E-state index in [4.69, 9.17) is 0 Å². The smallest absolute Gasteiger partial charge is 0.267 e. The second-order valence-electron chi connectivity index (χ2n) is 3.24. The zero-order valence-corrected chi connectivity index (χ0v) is 9.66. The maximum absolute atomic E-state index is 13.0. The molecule has 17 heavy (non-hydrogen) atoms. The van der Waals surface area contributed by atoms with Crippen LogP contribution in [0.3, 0.4) is 0 Å². The third-order valence-electron chi connectivity index (χ3n) is 2.05. The van der Waals surface area contributed by atoms with E-state index in [-0.39, 0.29) is 0 Å². The van der Waals surface area contributed by atoms with Crippen LogP contribution < -0.4 is 4.31 Å². The summed E-state index contributed by atoms with van der Waals surface area (Å²) in [4.78, 5) is 9.63. The van der Waals surface area contributed by atoms with Crippen LogP contribution in [0, 0.1) is 21.7 Å². The molecule has 0 unspecified atom stereocenters. The van der Waals surface area contributed by atoms with Gasteiger partial charge in [0.2, 0.25) is 10.0 Å². The summed E-state index contributed by atoms with van der Waals surface area (Å²) in [5, 5.41) is 10.6. The molecular weight excluding hydrogens is 258 g/mol. The zero-order chi connectivity index (χ0) is 13.4. The molecule has 0 N–H and O–H groups in total. The highest BCUT2D eigenvalue weighted by atomic mass is 32.2. The molecule has 0 heterocycles. The molecule has 1 aromatic rings. The Morgan fingerprint density at radius 2 is 1.76 bits per heavy atom. The molecular formula is C8H8F2N2O4S. The number of anilines is 1. The van der Waals surface area contributed by atoms with Crippen LogP contribution in [0.2, 0.25) is 0 Å². The molecule has 0 aliphatic carbocycles. The Morgan fingerprint density at radius 1 is 1.29 bits per heavy atom. The second-order valence-corrected chi connectivity index (χ2v) is 5.26. The lowest BCUT2D eigenvalue weighted by molar-refractivity contribution is -0.384. The van der Waals surface area contributed by atoms with Crippen LogP contribution in [0.1, 0.15) is 0 Å². The Balaban J connectivity index is 3.52. The van der Waals surface area contributed by atoms with E-state index >= 15 is 0 Å². The number of nitrogens with zero attached hydrogens (tertiary/aromatic N) is 2. The van der Waals surface area contributed by atoms with Crippen LogP contribution in [0.5, 0.6) is 0 Å². The Morgan fingerprint density at radius 3 is 2.18 bits per heavy atom. The topological polar surface area (TPSA) is 80.5 Å². The van der Waals surface area contributed by atoms with Crippen LogP contribution in [0.25, 0.3) is 0 Å². The van der Waals surface area contributed by atoms with Crippen molar-refractivity contribution >= 4 is 21.4 Å². The van der Waals surface area contributed by atoms with Crippen LogP contribution in [0.15, 0.2) is 12.1 Å². The normalized spacial score (nSPS) is 11.3. The molecule has 0 atom stereocenters. The molecule has 9 heteroatoms.